The number of benzene rings is 2. The van der Waals surface area contributed by atoms with Crippen LogP contribution in [-0.4, -0.2) is 23.9 Å². The van der Waals surface area contributed by atoms with Crippen LogP contribution < -0.4 is 9.64 Å². The molecule has 31 heavy (non-hydrogen) atoms. The number of carbonyl (C=O) groups is 2. The number of halogens is 3. The van der Waals surface area contributed by atoms with Gasteiger partial charge in [-0.15, -0.1) is 11.3 Å². The maximum absolute atomic E-state index is 13.0. The molecule has 0 aliphatic carbocycles. The third-order valence-electron chi connectivity index (χ3n) is 4.84. The van der Waals surface area contributed by atoms with Crippen LogP contribution in [-0.2, 0) is 9.59 Å². The van der Waals surface area contributed by atoms with Gasteiger partial charge in [-0.2, -0.15) is 0 Å². The van der Waals surface area contributed by atoms with E-state index in [4.69, 9.17) is 39.5 Å². The second-order valence-electron chi connectivity index (χ2n) is 6.63. The van der Waals surface area contributed by atoms with Crippen LogP contribution in [0.15, 0.2) is 59.5 Å². The Morgan fingerprint density at radius 1 is 1.06 bits per heavy atom. The van der Waals surface area contributed by atoms with Crippen molar-refractivity contribution in [1.82, 2.24) is 0 Å². The molecule has 3 aromatic rings. The summed E-state index contributed by atoms with van der Waals surface area (Å²) in [4.78, 5) is 28.1. The second-order valence-corrected chi connectivity index (χ2v) is 8.86. The number of hydrogen-bond donors (Lipinski definition) is 1. The maximum atomic E-state index is 13.0. The number of rotatable bonds is 4. The van der Waals surface area contributed by atoms with Crippen molar-refractivity contribution in [3.63, 3.8) is 0 Å². The van der Waals surface area contributed by atoms with Crippen LogP contribution in [0.5, 0.6) is 5.75 Å². The van der Waals surface area contributed by atoms with Gasteiger partial charge in [0.25, 0.3) is 11.7 Å². The lowest BCUT2D eigenvalue weighted by Gasteiger charge is -2.24. The first-order chi connectivity index (χ1) is 14.8. The van der Waals surface area contributed by atoms with Crippen LogP contribution in [0.2, 0.25) is 15.1 Å². The van der Waals surface area contributed by atoms with E-state index < -0.39 is 17.7 Å². The summed E-state index contributed by atoms with van der Waals surface area (Å²) in [5.41, 5.74) is 0.626. The summed E-state index contributed by atoms with van der Waals surface area (Å²) >= 11 is 19.8. The molecule has 2 aromatic carbocycles. The number of aliphatic hydroxyl groups is 1. The second kappa shape index (κ2) is 8.55. The van der Waals surface area contributed by atoms with E-state index in [0.29, 0.717) is 15.6 Å². The molecule has 1 aromatic heterocycles. The molecule has 1 N–H and O–H groups in total. The number of hydrogen-bond acceptors (Lipinski definition) is 5. The number of nitrogens with zero attached hydrogens (tertiary/aromatic N) is 1. The van der Waals surface area contributed by atoms with Crippen molar-refractivity contribution in [3.05, 3.63) is 85.0 Å². The van der Waals surface area contributed by atoms with Crippen molar-refractivity contribution in [2.24, 2.45) is 0 Å². The Kier molecular flexibility index (Phi) is 5.99. The highest BCUT2D eigenvalue weighted by atomic mass is 35.5. The number of aliphatic hydroxyl groups excluding tert-OH is 1. The van der Waals surface area contributed by atoms with E-state index in [1.807, 2.05) is 11.4 Å². The fraction of sp³-hybridized carbons (Fsp3) is 0.0909. The van der Waals surface area contributed by atoms with E-state index in [1.54, 1.807) is 30.3 Å². The predicted octanol–water partition coefficient (Wildman–Crippen LogP) is 6.34. The molecule has 1 amide bonds. The van der Waals surface area contributed by atoms with E-state index in [-0.39, 0.29) is 32.7 Å². The minimum absolute atomic E-state index is 0.0558. The number of ether oxygens (including phenoxy) is 1. The van der Waals surface area contributed by atoms with Crippen molar-refractivity contribution in [2.75, 3.05) is 12.0 Å². The van der Waals surface area contributed by atoms with Crippen LogP contribution in [0.3, 0.4) is 0 Å². The highest BCUT2D eigenvalue weighted by Gasteiger charge is 2.47. The van der Waals surface area contributed by atoms with Gasteiger partial charge in [0.15, 0.2) is 5.75 Å². The number of thiophene rings is 1. The molecule has 0 bridgehead atoms. The van der Waals surface area contributed by atoms with Gasteiger partial charge >= 0.3 is 0 Å². The van der Waals surface area contributed by atoms with Crippen LogP contribution in [0, 0.1) is 0 Å². The molecule has 2 heterocycles. The van der Waals surface area contributed by atoms with E-state index in [0.717, 1.165) is 0 Å². The Hall–Kier alpha value is -2.51. The number of amides is 1. The number of carbonyl (C=O) groups excluding carboxylic acids is 2. The van der Waals surface area contributed by atoms with Gasteiger partial charge in [-0.3, -0.25) is 14.5 Å². The topological polar surface area (TPSA) is 66.8 Å². The molecule has 1 fully saturated rings. The molecular weight excluding hydrogens is 481 g/mol. The van der Waals surface area contributed by atoms with E-state index in [1.165, 1.54) is 35.5 Å². The Morgan fingerprint density at radius 2 is 1.71 bits per heavy atom. The number of methoxy groups -OCH3 is 1. The van der Waals surface area contributed by atoms with Gasteiger partial charge in [-0.25, -0.2) is 0 Å². The van der Waals surface area contributed by atoms with Crippen LogP contribution in [0.4, 0.5) is 5.69 Å². The van der Waals surface area contributed by atoms with E-state index in [9.17, 15) is 14.7 Å². The Labute approximate surface area is 197 Å². The molecule has 9 heteroatoms. The normalized spacial score (nSPS) is 17.9. The largest absolute Gasteiger partial charge is 0.507 e. The van der Waals surface area contributed by atoms with Gasteiger partial charge in [0, 0.05) is 21.2 Å². The monoisotopic (exact) mass is 493 g/mol. The zero-order chi connectivity index (χ0) is 22.3. The summed E-state index contributed by atoms with van der Waals surface area (Å²) in [6, 6.07) is 12.2. The molecule has 5 nitrogen and oxygen atoms in total. The van der Waals surface area contributed by atoms with Gasteiger partial charge in [-0.1, -0.05) is 40.9 Å². The fourth-order valence-corrected chi connectivity index (χ4v) is 5.05. The van der Waals surface area contributed by atoms with E-state index in [2.05, 4.69) is 0 Å². The number of anilines is 1. The molecular formula is C22H14Cl3NO4S. The summed E-state index contributed by atoms with van der Waals surface area (Å²) in [6.45, 7) is 0. The molecule has 1 atom stereocenters. The summed E-state index contributed by atoms with van der Waals surface area (Å²) in [7, 11) is 1.42. The minimum Gasteiger partial charge on any atom is -0.507 e. The average molecular weight is 495 g/mol. The molecule has 4 rings (SSSR count). The zero-order valence-electron chi connectivity index (χ0n) is 15.9. The molecule has 1 aliphatic heterocycles. The highest BCUT2D eigenvalue weighted by molar-refractivity contribution is 7.10. The summed E-state index contributed by atoms with van der Waals surface area (Å²) in [6.07, 6.45) is 0. The summed E-state index contributed by atoms with van der Waals surface area (Å²) < 4.78 is 5.14. The van der Waals surface area contributed by atoms with Crippen LogP contribution in [0.1, 0.15) is 16.5 Å². The van der Waals surface area contributed by atoms with Crippen molar-refractivity contribution in [2.45, 2.75) is 6.04 Å². The standard InChI is InChI=1S/C22H14Cl3NO4S/c1-30-21-14(24)9-11(10-15(21)25)19(27)17-18(16-3-2-8-31-16)26(22(29)20(17)28)13-6-4-12(23)5-7-13/h2-10,18,27H,1H3/b19-17-. The van der Waals surface area contributed by atoms with Crippen molar-refractivity contribution < 1.29 is 19.4 Å². The van der Waals surface area contributed by atoms with Gasteiger partial charge in [0.1, 0.15) is 11.8 Å². The van der Waals surface area contributed by atoms with Crippen molar-refractivity contribution in [1.29, 1.82) is 0 Å². The summed E-state index contributed by atoms with van der Waals surface area (Å²) in [5.74, 6) is -1.70. The highest BCUT2D eigenvalue weighted by Crippen LogP contribution is 2.45. The van der Waals surface area contributed by atoms with E-state index >= 15 is 0 Å². The molecule has 0 saturated carbocycles. The van der Waals surface area contributed by atoms with Gasteiger partial charge < -0.3 is 9.84 Å². The average Bonchev–Trinajstić information content (AvgIpc) is 3.35. The fourth-order valence-electron chi connectivity index (χ4n) is 3.46. The Morgan fingerprint density at radius 3 is 2.26 bits per heavy atom. The molecule has 158 valence electrons. The molecule has 1 aliphatic rings. The first kappa shape index (κ1) is 21.7. The third kappa shape index (κ3) is 3.81. The predicted molar refractivity (Wildman–Crippen MR) is 124 cm³/mol. The summed E-state index contributed by atoms with van der Waals surface area (Å²) in [5, 5.41) is 13.8. The lowest BCUT2D eigenvalue weighted by Crippen LogP contribution is -2.29. The van der Waals surface area contributed by atoms with Crippen molar-refractivity contribution in [3.8, 4) is 5.75 Å². The Bertz CT molecular complexity index is 1180. The molecule has 1 unspecified atom stereocenters. The number of ketones is 1. The van der Waals surface area contributed by atoms with Gasteiger partial charge in [0.2, 0.25) is 0 Å². The van der Waals surface area contributed by atoms with Gasteiger partial charge in [0.05, 0.1) is 22.7 Å². The zero-order valence-corrected chi connectivity index (χ0v) is 19.0. The number of Topliss-reactive ketones (excluding diaryl/α,β-unsaturated/α-hetero) is 1. The molecule has 1 saturated heterocycles. The first-order valence-corrected chi connectivity index (χ1v) is 11.0. The van der Waals surface area contributed by atoms with Crippen molar-refractivity contribution >= 4 is 69.3 Å². The smallest absolute Gasteiger partial charge is 0.300 e. The van der Waals surface area contributed by atoms with Crippen LogP contribution in [0.25, 0.3) is 5.76 Å². The lowest BCUT2D eigenvalue weighted by atomic mass is 9.99. The SMILES string of the molecule is COc1c(Cl)cc(/C(O)=C2/C(=O)C(=O)N(c3ccc(Cl)cc3)C2c2cccs2)cc1Cl. The maximum Gasteiger partial charge on any atom is 0.300 e. The molecule has 0 radical (unpaired) electrons. The Balaban J connectivity index is 1.92. The lowest BCUT2D eigenvalue weighted by molar-refractivity contribution is -0.132. The van der Waals surface area contributed by atoms with Gasteiger partial charge in [-0.05, 0) is 47.8 Å². The minimum atomic E-state index is -0.819. The first-order valence-electron chi connectivity index (χ1n) is 8.97. The van der Waals surface area contributed by atoms with Crippen LogP contribution >= 0.6 is 46.1 Å². The third-order valence-corrected chi connectivity index (χ3v) is 6.58. The molecule has 0 spiro atoms. The quantitative estimate of drug-likeness (QED) is 0.261.